The molecule has 1 aliphatic rings. The predicted molar refractivity (Wildman–Crippen MR) is 65.1 cm³/mol. The second-order valence-corrected chi connectivity index (χ2v) is 5.76. The first-order chi connectivity index (χ1) is 7.40. The first-order valence-corrected chi connectivity index (χ1v) is 7.32. The molecular formula is C11H14N2S2. The molecule has 15 heavy (non-hydrogen) atoms. The molecule has 2 nitrogen and oxygen atoms in total. The van der Waals surface area contributed by atoms with Crippen molar-refractivity contribution in [3.8, 4) is 6.07 Å². The summed E-state index contributed by atoms with van der Waals surface area (Å²) in [6.45, 7) is 0. The molecule has 1 aromatic heterocycles. The van der Waals surface area contributed by atoms with Crippen molar-refractivity contribution in [3.05, 3.63) is 16.1 Å². The van der Waals surface area contributed by atoms with E-state index in [4.69, 9.17) is 5.26 Å². The molecule has 0 saturated heterocycles. The van der Waals surface area contributed by atoms with Gasteiger partial charge in [-0.05, 0) is 25.0 Å². The Hall–Kier alpha value is -0.530. The van der Waals surface area contributed by atoms with Crippen molar-refractivity contribution in [3.63, 3.8) is 0 Å². The molecule has 2 rings (SSSR count). The van der Waals surface area contributed by atoms with Gasteiger partial charge in [0.05, 0.1) is 16.8 Å². The molecule has 0 unspecified atom stereocenters. The van der Waals surface area contributed by atoms with Crippen molar-refractivity contribution in [2.45, 2.75) is 37.4 Å². The first-order valence-electron chi connectivity index (χ1n) is 5.29. The van der Waals surface area contributed by atoms with Gasteiger partial charge in [0, 0.05) is 23.5 Å². The zero-order chi connectivity index (χ0) is 10.5. The molecule has 1 fully saturated rings. The molecule has 1 aromatic rings. The van der Waals surface area contributed by atoms with E-state index in [-0.39, 0.29) is 0 Å². The van der Waals surface area contributed by atoms with E-state index in [1.54, 1.807) is 0 Å². The van der Waals surface area contributed by atoms with Crippen molar-refractivity contribution < 1.29 is 0 Å². The maximum absolute atomic E-state index is 8.38. The van der Waals surface area contributed by atoms with Crippen LogP contribution in [0.5, 0.6) is 0 Å². The van der Waals surface area contributed by atoms with E-state index < -0.39 is 0 Å². The van der Waals surface area contributed by atoms with Crippen molar-refractivity contribution in [2.24, 2.45) is 0 Å². The second kappa shape index (κ2) is 5.53. The predicted octanol–water partition coefficient (Wildman–Crippen LogP) is 3.56. The van der Waals surface area contributed by atoms with Crippen LogP contribution in [0.1, 0.15) is 42.3 Å². The number of nitrogens with zero attached hydrogens (tertiary/aromatic N) is 2. The smallest absolute Gasteiger partial charge is 0.0959 e. The minimum Gasteiger partial charge on any atom is -0.245 e. The SMILES string of the molecule is N#CCCCSCc1csc(C2CC2)n1. The molecule has 0 bridgehead atoms. The van der Waals surface area contributed by atoms with Gasteiger partial charge in [-0.1, -0.05) is 0 Å². The summed E-state index contributed by atoms with van der Waals surface area (Å²) < 4.78 is 0. The lowest BCUT2D eigenvalue weighted by atomic mass is 10.4. The van der Waals surface area contributed by atoms with Crippen LogP contribution in [0.3, 0.4) is 0 Å². The summed E-state index contributed by atoms with van der Waals surface area (Å²) in [5, 5.41) is 11.9. The molecule has 0 radical (unpaired) electrons. The van der Waals surface area contributed by atoms with Crippen LogP contribution < -0.4 is 0 Å². The molecule has 4 heteroatoms. The zero-order valence-electron chi connectivity index (χ0n) is 8.61. The first kappa shape index (κ1) is 11.0. The molecule has 0 amide bonds. The fourth-order valence-corrected chi connectivity index (χ4v) is 3.28. The minimum atomic E-state index is 0.678. The number of hydrogen-bond acceptors (Lipinski definition) is 4. The Bertz CT molecular complexity index is 350. The number of hydrogen-bond donors (Lipinski definition) is 0. The average Bonchev–Trinajstić information content (AvgIpc) is 2.99. The van der Waals surface area contributed by atoms with Crippen LogP contribution in [-0.4, -0.2) is 10.7 Å². The third kappa shape index (κ3) is 3.51. The summed E-state index contributed by atoms with van der Waals surface area (Å²) >= 11 is 3.70. The molecule has 0 atom stereocenters. The highest BCUT2D eigenvalue weighted by Crippen LogP contribution is 2.41. The van der Waals surface area contributed by atoms with E-state index in [1.807, 2.05) is 23.1 Å². The van der Waals surface area contributed by atoms with Crippen LogP contribution in [0.4, 0.5) is 0 Å². The second-order valence-electron chi connectivity index (χ2n) is 3.77. The number of nitriles is 1. The zero-order valence-corrected chi connectivity index (χ0v) is 10.2. The van der Waals surface area contributed by atoms with Crippen molar-refractivity contribution in [1.29, 1.82) is 5.26 Å². The van der Waals surface area contributed by atoms with E-state index in [0.717, 1.165) is 23.8 Å². The summed E-state index contributed by atoms with van der Waals surface area (Å²) in [4.78, 5) is 4.62. The Balaban J connectivity index is 1.67. The topological polar surface area (TPSA) is 36.7 Å². The maximum atomic E-state index is 8.38. The Morgan fingerprint density at radius 2 is 2.47 bits per heavy atom. The Morgan fingerprint density at radius 3 is 3.20 bits per heavy atom. The van der Waals surface area contributed by atoms with Crippen LogP contribution >= 0.6 is 23.1 Å². The molecule has 0 aromatic carbocycles. The van der Waals surface area contributed by atoms with Gasteiger partial charge in [0.25, 0.3) is 0 Å². The quantitative estimate of drug-likeness (QED) is 0.711. The number of aromatic nitrogens is 1. The highest BCUT2D eigenvalue weighted by atomic mass is 32.2. The van der Waals surface area contributed by atoms with Crippen LogP contribution in [-0.2, 0) is 5.75 Å². The number of rotatable bonds is 6. The van der Waals surface area contributed by atoms with Gasteiger partial charge in [-0.3, -0.25) is 0 Å². The molecule has 80 valence electrons. The van der Waals surface area contributed by atoms with E-state index >= 15 is 0 Å². The molecular weight excluding hydrogens is 224 g/mol. The molecule has 1 aliphatic carbocycles. The van der Waals surface area contributed by atoms with Crippen molar-refractivity contribution in [2.75, 3.05) is 5.75 Å². The van der Waals surface area contributed by atoms with E-state index in [2.05, 4.69) is 16.4 Å². The lowest BCUT2D eigenvalue weighted by Gasteiger charge is -1.95. The third-order valence-electron chi connectivity index (χ3n) is 2.32. The summed E-state index contributed by atoms with van der Waals surface area (Å²) in [6, 6.07) is 2.17. The van der Waals surface area contributed by atoms with Gasteiger partial charge in [0.15, 0.2) is 0 Å². The van der Waals surface area contributed by atoms with Crippen LogP contribution in [0.25, 0.3) is 0 Å². The van der Waals surface area contributed by atoms with Gasteiger partial charge in [0.2, 0.25) is 0 Å². The van der Waals surface area contributed by atoms with Gasteiger partial charge < -0.3 is 0 Å². The van der Waals surface area contributed by atoms with Crippen molar-refractivity contribution in [1.82, 2.24) is 4.98 Å². The van der Waals surface area contributed by atoms with Gasteiger partial charge in [-0.2, -0.15) is 17.0 Å². The standard InChI is InChI=1S/C11H14N2S2/c12-5-1-2-6-14-7-10-8-15-11(13-10)9-3-4-9/h8-9H,1-4,6-7H2. The molecule has 0 aliphatic heterocycles. The van der Waals surface area contributed by atoms with Crippen molar-refractivity contribution >= 4 is 23.1 Å². The summed E-state index contributed by atoms with van der Waals surface area (Å²) in [7, 11) is 0. The minimum absolute atomic E-state index is 0.678. The fraction of sp³-hybridized carbons (Fsp3) is 0.636. The molecule has 0 spiro atoms. The van der Waals surface area contributed by atoms with E-state index in [9.17, 15) is 0 Å². The average molecular weight is 238 g/mol. The number of unbranched alkanes of at least 4 members (excludes halogenated alkanes) is 1. The summed E-state index contributed by atoms with van der Waals surface area (Å²) in [5.74, 6) is 2.87. The van der Waals surface area contributed by atoms with Gasteiger partial charge in [-0.25, -0.2) is 4.98 Å². The Kier molecular flexibility index (Phi) is 4.04. The fourth-order valence-electron chi connectivity index (χ4n) is 1.34. The van der Waals surface area contributed by atoms with Gasteiger partial charge in [0.1, 0.15) is 0 Å². The Morgan fingerprint density at radius 1 is 1.60 bits per heavy atom. The molecule has 0 N–H and O–H groups in total. The highest BCUT2D eigenvalue weighted by molar-refractivity contribution is 7.98. The number of thiazole rings is 1. The summed E-state index contributed by atoms with van der Waals surface area (Å²) in [5.41, 5.74) is 1.23. The lowest BCUT2D eigenvalue weighted by molar-refractivity contribution is 0.979. The van der Waals surface area contributed by atoms with E-state index in [0.29, 0.717) is 6.42 Å². The molecule has 1 saturated carbocycles. The number of thioether (sulfide) groups is 1. The maximum Gasteiger partial charge on any atom is 0.0959 e. The lowest BCUT2D eigenvalue weighted by Crippen LogP contribution is -1.85. The molecule has 1 heterocycles. The largest absolute Gasteiger partial charge is 0.245 e. The monoisotopic (exact) mass is 238 g/mol. The van der Waals surface area contributed by atoms with Crippen LogP contribution in [0.15, 0.2) is 5.38 Å². The van der Waals surface area contributed by atoms with Gasteiger partial charge in [-0.15, -0.1) is 11.3 Å². The van der Waals surface area contributed by atoms with Crippen LogP contribution in [0, 0.1) is 11.3 Å². The van der Waals surface area contributed by atoms with E-state index in [1.165, 1.54) is 23.5 Å². The van der Waals surface area contributed by atoms with Crippen LogP contribution in [0.2, 0.25) is 0 Å². The summed E-state index contributed by atoms with van der Waals surface area (Å²) in [6.07, 6.45) is 4.35. The normalized spacial score (nSPS) is 15.1. The highest BCUT2D eigenvalue weighted by Gasteiger charge is 2.26. The third-order valence-corrected chi connectivity index (χ3v) is 4.46. The Labute approximate surface area is 98.7 Å². The van der Waals surface area contributed by atoms with Gasteiger partial charge >= 0.3 is 0 Å².